The monoisotopic (exact) mass is 337 g/mol. The maximum atomic E-state index is 11.5. The van der Waals surface area contributed by atoms with E-state index in [4.69, 9.17) is 11.6 Å². The molecule has 0 atom stereocenters. The van der Waals surface area contributed by atoms with Gasteiger partial charge in [0, 0.05) is 11.1 Å². The Balaban J connectivity index is 2.01. The van der Waals surface area contributed by atoms with Gasteiger partial charge in [0.2, 0.25) is 0 Å². The highest BCUT2D eigenvalue weighted by atomic mass is 35.5. The van der Waals surface area contributed by atoms with Crippen LogP contribution in [-0.2, 0) is 0 Å². The molecule has 0 aromatic heterocycles. The Morgan fingerprint density at radius 1 is 0.875 bits per heavy atom. The Bertz CT molecular complexity index is 913. The Morgan fingerprint density at radius 2 is 1.46 bits per heavy atom. The van der Waals surface area contributed by atoms with E-state index in [2.05, 4.69) is 5.32 Å². The number of nitrogens with one attached hydrogen (secondary N) is 1. The molecule has 0 fully saturated rings. The first kappa shape index (κ1) is 14.5. The third kappa shape index (κ3) is 2.26. The van der Waals surface area contributed by atoms with Crippen molar-refractivity contribution in [3.05, 3.63) is 81.9 Å². The van der Waals surface area contributed by atoms with Crippen LogP contribution < -0.4 is 10.2 Å². The van der Waals surface area contributed by atoms with Crippen molar-refractivity contribution >= 4 is 45.7 Å². The molecule has 4 rings (SSSR count). The average molecular weight is 338 g/mol. The van der Waals surface area contributed by atoms with Gasteiger partial charge in [-0.25, -0.2) is 0 Å². The third-order valence-corrected chi connectivity index (χ3v) is 4.17. The fourth-order valence-electron chi connectivity index (χ4n) is 2.91. The summed E-state index contributed by atoms with van der Waals surface area (Å²) in [6.45, 7) is 0. The van der Waals surface area contributed by atoms with Crippen LogP contribution in [0.4, 0.5) is 34.1 Å². The lowest BCUT2D eigenvalue weighted by Gasteiger charge is -2.33. The number of nitrogens with zero attached hydrogens (tertiary/aromatic N) is 2. The SMILES string of the molecule is O=[N+]([O-])c1cc(Cl)ccc1N1c2ccccc2Nc2ccccc21. The molecule has 0 radical (unpaired) electrons. The van der Waals surface area contributed by atoms with E-state index in [1.807, 2.05) is 53.4 Å². The van der Waals surface area contributed by atoms with Gasteiger partial charge in [-0.15, -0.1) is 0 Å². The summed E-state index contributed by atoms with van der Waals surface area (Å²) in [7, 11) is 0. The lowest BCUT2D eigenvalue weighted by atomic mass is 10.1. The zero-order chi connectivity index (χ0) is 16.7. The fourth-order valence-corrected chi connectivity index (χ4v) is 3.08. The standard InChI is InChI=1S/C18H12ClN3O2/c19-12-9-10-17(18(11-12)22(23)24)21-15-7-3-1-5-13(15)20-14-6-2-4-8-16(14)21/h1-11,20H. The van der Waals surface area contributed by atoms with Crippen LogP contribution in [0.1, 0.15) is 0 Å². The summed E-state index contributed by atoms with van der Waals surface area (Å²) in [6, 6.07) is 20.1. The van der Waals surface area contributed by atoms with Crippen molar-refractivity contribution in [1.29, 1.82) is 0 Å². The van der Waals surface area contributed by atoms with E-state index in [-0.39, 0.29) is 5.69 Å². The van der Waals surface area contributed by atoms with Crippen LogP contribution in [0.5, 0.6) is 0 Å². The summed E-state index contributed by atoms with van der Waals surface area (Å²) in [5.74, 6) is 0. The van der Waals surface area contributed by atoms with Gasteiger partial charge in [-0.2, -0.15) is 0 Å². The number of hydrogen-bond acceptors (Lipinski definition) is 4. The first-order valence-corrected chi connectivity index (χ1v) is 7.72. The highest BCUT2D eigenvalue weighted by Crippen LogP contribution is 2.50. The second-order valence-corrected chi connectivity index (χ2v) is 5.82. The fraction of sp³-hybridized carbons (Fsp3) is 0. The van der Waals surface area contributed by atoms with E-state index in [0.29, 0.717) is 10.7 Å². The molecule has 0 aliphatic carbocycles. The number of halogens is 1. The summed E-state index contributed by atoms with van der Waals surface area (Å²) in [5, 5.41) is 15.2. The summed E-state index contributed by atoms with van der Waals surface area (Å²) < 4.78 is 0. The van der Waals surface area contributed by atoms with Crippen LogP contribution in [-0.4, -0.2) is 4.92 Å². The lowest BCUT2D eigenvalue weighted by Crippen LogP contribution is -2.18. The van der Waals surface area contributed by atoms with Gasteiger partial charge in [0.25, 0.3) is 5.69 Å². The molecule has 0 unspecified atom stereocenters. The second-order valence-electron chi connectivity index (χ2n) is 5.38. The van der Waals surface area contributed by atoms with Gasteiger partial charge in [0.05, 0.1) is 27.7 Å². The molecule has 1 heterocycles. The van der Waals surface area contributed by atoms with Gasteiger partial charge < -0.3 is 10.2 Å². The zero-order valence-corrected chi connectivity index (χ0v) is 13.2. The molecule has 0 amide bonds. The van der Waals surface area contributed by atoms with Gasteiger partial charge in [0.1, 0.15) is 5.69 Å². The predicted molar refractivity (Wildman–Crippen MR) is 96.1 cm³/mol. The third-order valence-electron chi connectivity index (χ3n) is 3.93. The molecule has 24 heavy (non-hydrogen) atoms. The molecule has 118 valence electrons. The molecule has 0 saturated carbocycles. The average Bonchev–Trinajstić information content (AvgIpc) is 2.60. The quantitative estimate of drug-likeness (QED) is 0.372. The lowest BCUT2D eigenvalue weighted by molar-refractivity contribution is -0.384. The number of nitro groups is 1. The highest BCUT2D eigenvalue weighted by molar-refractivity contribution is 6.31. The molecule has 1 aliphatic rings. The van der Waals surface area contributed by atoms with Gasteiger partial charge in [-0.3, -0.25) is 10.1 Å². The molecule has 3 aromatic rings. The van der Waals surface area contributed by atoms with Crippen LogP contribution in [0.2, 0.25) is 5.02 Å². The topological polar surface area (TPSA) is 58.4 Å². The maximum absolute atomic E-state index is 11.5. The molecule has 1 aliphatic heterocycles. The number of anilines is 5. The molecule has 0 saturated heterocycles. The Labute approximate surface area is 143 Å². The van der Waals surface area contributed by atoms with Crippen molar-refractivity contribution in [1.82, 2.24) is 0 Å². The maximum Gasteiger partial charge on any atom is 0.294 e. The smallest absolute Gasteiger partial charge is 0.294 e. The second kappa shape index (κ2) is 5.54. The molecule has 1 N–H and O–H groups in total. The molecule has 0 spiro atoms. The number of hydrogen-bond donors (Lipinski definition) is 1. The highest BCUT2D eigenvalue weighted by Gasteiger charge is 2.28. The first-order chi connectivity index (χ1) is 11.6. The van der Waals surface area contributed by atoms with Gasteiger partial charge in [0.15, 0.2) is 0 Å². The summed E-state index contributed by atoms with van der Waals surface area (Å²) >= 11 is 5.96. The van der Waals surface area contributed by atoms with Gasteiger partial charge >= 0.3 is 0 Å². The minimum Gasteiger partial charge on any atom is -0.352 e. The van der Waals surface area contributed by atoms with Crippen molar-refractivity contribution in [2.24, 2.45) is 0 Å². The van der Waals surface area contributed by atoms with Crippen molar-refractivity contribution < 1.29 is 4.92 Å². The molecule has 3 aromatic carbocycles. The van der Waals surface area contributed by atoms with Crippen LogP contribution in [0.15, 0.2) is 66.7 Å². The largest absolute Gasteiger partial charge is 0.352 e. The predicted octanol–water partition coefficient (Wildman–Crippen LogP) is 5.78. The van der Waals surface area contributed by atoms with E-state index in [1.54, 1.807) is 12.1 Å². The van der Waals surface area contributed by atoms with E-state index in [9.17, 15) is 10.1 Å². The van der Waals surface area contributed by atoms with E-state index in [0.717, 1.165) is 22.7 Å². The molecular formula is C18H12ClN3O2. The van der Waals surface area contributed by atoms with Crippen LogP contribution >= 0.6 is 11.6 Å². The molecule has 0 bridgehead atoms. The van der Waals surface area contributed by atoms with Crippen molar-refractivity contribution in [2.75, 3.05) is 10.2 Å². The van der Waals surface area contributed by atoms with Crippen molar-refractivity contribution in [3.8, 4) is 0 Å². The number of fused-ring (bicyclic) bond motifs is 2. The molecular weight excluding hydrogens is 326 g/mol. The van der Waals surface area contributed by atoms with Crippen LogP contribution in [0.25, 0.3) is 0 Å². The summed E-state index contributed by atoms with van der Waals surface area (Å²) in [5.41, 5.74) is 3.92. The van der Waals surface area contributed by atoms with Crippen molar-refractivity contribution in [3.63, 3.8) is 0 Å². The first-order valence-electron chi connectivity index (χ1n) is 7.34. The number of para-hydroxylation sites is 4. The van der Waals surface area contributed by atoms with Gasteiger partial charge in [-0.05, 0) is 36.4 Å². The molecule has 6 heteroatoms. The van der Waals surface area contributed by atoms with E-state index >= 15 is 0 Å². The van der Waals surface area contributed by atoms with Gasteiger partial charge in [-0.1, -0.05) is 35.9 Å². The van der Waals surface area contributed by atoms with Crippen LogP contribution in [0.3, 0.4) is 0 Å². The molecule has 5 nitrogen and oxygen atoms in total. The number of rotatable bonds is 2. The van der Waals surface area contributed by atoms with Crippen molar-refractivity contribution in [2.45, 2.75) is 0 Å². The minimum atomic E-state index is -0.408. The summed E-state index contributed by atoms with van der Waals surface area (Å²) in [6.07, 6.45) is 0. The van der Waals surface area contributed by atoms with E-state index in [1.165, 1.54) is 6.07 Å². The Morgan fingerprint density at radius 3 is 2.04 bits per heavy atom. The number of nitro benzene ring substituents is 1. The Hall–Kier alpha value is -3.05. The normalized spacial score (nSPS) is 12.1. The Kier molecular flexibility index (Phi) is 3.36. The zero-order valence-electron chi connectivity index (χ0n) is 12.4. The minimum absolute atomic E-state index is 0.0333. The number of benzene rings is 3. The van der Waals surface area contributed by atoms with E-state index < -0.39 is 4.92 Å². The summed E-state index contributed by atoms with van der Waals surface area (Å²) in [4.78, 5) is 13.0. The van der Waals surface area contributed by atoms with Crippen LogP contribution in [0, 0.1) is 10.1 Å².